The van der Waals surface area contributed by atoms with E-state index < -0.39 is 0 Å². The maximum Gasteiger partial charge on any atom is 0.336 e. The first-order chi connectivity index (χ1) is 15.5. The summed E-state index contributed by atoms with van der Waals surface area (Å²) in [6.07, 6.45) is 1.79. The summed E-state index contributed by atoms with van der Waals surface area (Å²) in [7, 11) is 0. The van der Waals surface area contributed by atoms with Gasteiger partial charge in [0, 0.05) is 28.8 Å². The zero-order chi connectivity index (χ0) is 22.7. The van der Waals surface area contributed by atoms with Gasteiger partial charge < -0.3 is 9.15 Å². The molecule has 0 radical (unpaired) electrons. The molecule has 0 aliphatic carbocycles. The lowest BCUT2D eigenvalue weighted by Gasteiger charge is -2.10. The standard InChI is InChI=1S/C24H22ClN3O3S/c1-4-11-28-21(13-30-19-8-6-18(25)7-9-19)26-27-24(28)32-14-17-12-22(29)31-23-16(3)15(2)5-10-20(17)23/h4-10,12H,1,11,13-14H2,2-3H3. The molecule has 0 amide bonds. The van der Waals surface area contributed by atoms with Gasteiger partial charge in [-0.25, -0.2) is 4.79 Å². The Balaban J connectivity index is 1.56. The Bertz CT molecular complexity index is 1330. The molecule has 0 N–H and O–H groups in total. The summed E-state index contributed by atoms with van der Waals surface area (Å²) in [5.41, 5.74) is 3.24. The predicted molar refractivity (Wildman–Crippen MR) is 128 cm³/mol. The fraction of sp³-hybridized carbons (Fsp3) is 0.208. The second-order valence-corrected chi connectivity index (χ2v) is 8.68. The molecule has 2 heterocycles. The third-order valence-corrected chi connectivity index (χ3v) is 6.43. The summed E-state index contributed by atoms with van der Waals surface area (Å²) < 4.78 is 13.3. The monoisotopic (exact) mass is 467 g/mol. The van der Waals surface area contributed by atoms with Gasteiger partial charge in [-0.15, -0.1) is 16.8 Å². The van der Waals surface area contributed by atoms with Crippen LogP contribution < -0.4 is 10.4 Å². The fourth-order valence-corrected chi connectivity index (χ4v) is 4.39. The number of allylic oxidation sites excluding steroid dienone is 1. The number of ether oxygens (including phenoxy) is 1. The van der Waals surface area contributed by atoms with Gasteiger partial charge in [0.1, 0.15) is 17.9 Å². The van der Waals surface area contributed by atoms with Crippen molar-refractivity contribution in [3.63, 3.8) is 0 Å². The van der Waals surface area contributed by atoms with Crippen LogP contribution in [0, 0.1) is 13.8 Å². The number of hydrogen-bond acceptors (Lipinski definition) is 6. The average Bonchev–Trinajstić information content (AvgIpc) is 3.16. The highest BCUT2D eigenvalue weighted by molar-refractivity contribution is 7.98. The van der Waals surface area contributed by atoms with Crippen LogP contribution in [0.15, 0.2) is 69.5 Å². The van der Waals surface area contributed by atoms with Crippen molar-refractivity contribution in [1.82, 2.24) is 14.8 Å². The van der Waals surface area contributed by atoms with E-state index >= 15 is 0 Å². The second kappa shape index (κ2) is 9.63. The number of halogens is 1. The SMILES string of the molecule is C=CCn1c(COc2ccc(Cl)cc2)nnc1SCc1cc(=O)oc2c(C)c(C)ccc12. The number of thioether (sulfide) groups is 1. The average molecular weight is 468 g/mol. The van der Waals surface area contributed by atoms with E-state index in [0.29, 0.717) is 34.5 Å². The van der Waals surface area contributed by atoms with Crippen molar-refractivity contribution in [2.45, 2.75) is 37.9 Å². The molecule has 0 unspecified atom stereocenters. The smallest absolute Gasteiger partial charge is 0.336 e. The molecule has 32 heavy (non-hydrogen) atoms. The number of benzene rings is 2. The summed E-state index contributed by atoms with van der Waals surface area (Å²) >= 11 is 7.43. The third kappa shape index (κ3) is 4.74. The maximum absolute atomic E-state index is 12.1. The molecule has 0 bridgehead atoms. The molecule has 164 valence electrons. The molecule has 0 saturated carbocycles. The van der Waals surface area contributed by atoms with Gasteiger partial charge in [0.25, 0.3) is 0 Å². The zero-order valence-electron chi connectivity index (χ0n) is 17.8. The van der Waals surface area contributed by atoms with E-state index in [2.05, 4.69) is 16.8 Å². The van der Waals surface area contributed by atoms with Crippen molar-refractivity contribution in [1.29, 1.82) is 0 Å². The van der Waals surface area contributed by atoms with E-state index in [1.165, 1.54) is 11.8 Å². The summed E-state index contributed by atoms with van der Waals surface area (Å²) in [6, 6.07) is 12.7. The molecule has 6 nitrogen and oxygen atoms in total. The number of rotatable bonds is 8. The molecular weight excluding hydrogens is 446 g/mol. The first-order valence-electron chi connectivity index (χ1n) is 10.0. The van der Waals surface area contributed by atoms with Gasteiger partial charge in [0.2, 0.25) is 0 Å². The zero-order valence-corrected chi connectivity index (χ0v) is 19.4. The van der Waals surface area contributed by atoms with Crippen molar-refractivity contribution in [3.8, 4) is 5.75 Å². The molecule has 0 saturated heterocycles. The van der Waals surface area contributed by atoms with Crippen LogP contribution in [0.2, 0.25) is 5.02 Å². The molecule has 2 aromatic heterocycles. The molecule has 0 aliphatic heterocycles. The summed E-state index contributed by atoms with van der Waals surface area (Å²) in [5.74, 6) is 1.94. The Morgan fingerprint density at radius 1 is 1.19 bits per heavy atom. The van der Waals surface area contributed by atoms with E-state index in [1.807, 2.05) is 42.7 Å². The molecule has 0 spiro atoms. The minimum atomic E-state index is -0.355. The Morgan fingerprint density at radius 3 is 2.72 bits per heavy atom. The van der Waals surface area contributed by atoms with Crippen LogP contribution in [0.5, 0.6) is 5.75 Å². The molecule has 4 aromatic rings. The highest BCUT2D eigenvalue weighted by Gasteiger charge is 2.15. The Morgan fingerprint density at radius 2 is 1.97 bits per heavy atom. The molecule has 0 atom stereocenters. The number of aryl methyl sites for hydroxylation is 2. The van der Waals surface area contributed by atoms with Gasteiger partial charge in [0.05, 0.1) is 0 Å². The minimum absolute atomic E-state index is 0.263. The topological polar surface area (TPSA) is 70.2 Å². The van der Waals surface area contributed by atoms with Gasteiger partial charge in [0.15, 0.2) is 11.0 Å². The summed E-state index contributed by atoms with van der Waals surface area (Å²) in [5, 5.41) is 10.9. The fourth-order valence-electron chi connectivity index (χ4n) is 3.31. The lowest BCUT2D eigenvalue weighted by atomic mass is 10.0. The highest BCUT2D eigenvalue weighted by Crippen LogP contribution is 2.29. The predicted octanol–water partition coefficient (Wildman–Crippen LogP) is 5.71. The van der Waals surface area contributed by atoms with Crippen molar-refractivity contribution in [2.75, 3.05) is 0 Å². The van der Waals surface area contributed by atoms with Crippen molar-refractivity contribution in [3.05, 3.63) is 93.1 Å². The molecular formula is C24H22ClN3O3S. The minimum Gasteiger partial charge on any atom is -0.486 e. The van der Waals surface area contributed by atoms with E-state index in [0.717, 1.165) is 27.2 Å². The van der Waals surface area contributed by atoms with Crippen LogP contribution in [0.3, 0.4) is 0 Å². The molecule has 2 aromatic carbocycles. The number of aromatic nitrogens is 3. The number of fused-ring (bicyclic) bond motifs is 1. The second-order valence-electron chi connectivity index (χ2n) is 7.30. The van der Waals surface area contributed by atoms with Gasteiger partial charge in [-0.3, -0.25) is 4.57 Å². The Hall–Kier alpha value is -3.03. The van der Waals surface area contributed by atoms with Crippen LogP contribution in [-0.2, 0) is 18.9 Å². The molecule has 0 aliphatic rings. The quantitative estimate of drug-likeness (QED) is 0.188. The highest BCUT2D eigenvalue weighted by atomic mass is 35.5. The Labute approximate surface area is 194 Å². The lowest BCUT2D eigenvalue weighted by molar-refractivity contribution is 0.289. The molecule has 8 heteroatoms. The number of nitrogens with zero attached hydrogens (tertiary/aromatic N) is 3. The van der Waals surface area contributed by atoms with Crippen molar-refractivity contribution < 1.29 is 9.15 Å². The number of hydrogen-bond donors (Lipinski definition) is 0. The van der Waals surface area contributed by atoms with E-state index in [9.17, 15) is 4.79 Å². The lowest BCUT2D eigenvalue weighted by Crippen LogP contribution is -2.07. The first kappa shape index (κ1) is 22.2. The van der Waals surface area contributed by atoms with E-state index in [-0.39, 0.29) is 12.2 Å². The van der Waals surface area contributed by atoms with Gasteiger partial charge in [-0.05, 0) is 54.8 Å². The van der Waals surface area contributed by atoms with Gasteiger partial charge >= 0.3 is 5.63 Å². The summed E-state index contributed by atoms with van der Waals surface area (Å²) in [6.45, 7) is 8.61. The van der Waals surface area contributed by atoms with Gasteiger partial charge in [-0.1, -0.05) is 41.6 Å². The Kier molecular flexibility index (Phi) is 6.67. The van der Waals surface area contributed by atoms with Crippen LogP contribution in [0.1, 0.15) is 22.5 Å². The summed E-state index contributed by atoms with van der Waals surface area (Å²) in [4.78, 5) is 12.1. The largest absolute Gasteiger partial charge is 0.486 e. The van der Waals surface area contributed by atoms with Crippen molar-refractivity contribution >= 4 is 34.3 Å². The van der Waals surface area contributed by atoms with Crippen LogP contribution in [0.25, 0.3) is 11.0 Å². The maximum atomic E-state index is 12.1. The van der Waals surface area contributed by atoms with Crippen LogP contribution >= 0.6 is 23.4 Å². The van der Waals surface area contributed by atoms with E-state index in [4.69, 9.17) is 20.8 Å². The van der Waals surface area contributed by atoms with Gasteiger partial charge in [-0.2, -0.15) is 0 Å². The van der Waals surface area contributed by atoms with E-state index in [1.54, 1.807) is 24.3 Å². The van der Waals surface area contributed by atoms with Crippen molar-refractivity contribution in [2.24, 2.45) is 0 Å². The first-order valence-corrected chi connectivity index (χ1v) is 11.4. The molecule has 4 rings (SSSR count). The third-order valence-electron chi connectivity index (χ3n) is 5.16. The van der Waals surface area contributed by atoms with Crippen LogP contribution in [0.4, 0.5) is 0 Å². The molecule has 0 fully saturated rings. The normalized spacial score (nSPS) is 11.1. The van der Waals surface area contributed by atoms with Crippen LogP contribution in [-0.4, -0.2) is 14.8 Å².